The molecule has 0 spiro atoms. The van der Waals surface area contributed by atoms with Crippen molar-refractivity contribution < 1.29 is 4.79 Å². The number of aromatic nitrogens is 1. The van der Waals surface area contributed by atoms with E-state index in [1.54, 1.807) is 35.6 Å². The summed E-state index contributed by atoms with van der Waals surface area (Å²) in [5.74, 6) is 0. The zero-order chi connectivity index (χ0) is 13.7. The molecule has 19 heavy (non-hydrogen) atoms. The minimum absolute atomic E-state index is 0.228. The van der Waals surface area contributed by atoms with Gasteiger partial charge in [-0.3, -0.25) is 0 Å². The molecule has 1 aromatic heterocycles. The molecule has 2 N–H and O–H groups in total. The first-order valence-corrected chi connectivity index (χ1v) is 7.10. The minimum Gasteiger partial charge on any atom is -0.337 e. The van der Waals surface area contributed by atoms with E-state index in [1.807, 2.05) is 12.3 Å². The lowest BCUT2D eigenvalue weighted by Crippen LogP contribution is -2.30. The normalized spacial score (nSPS) is 10.2. The van der Waals surface area contributed by atoms with Crippen LogP contribution in [0.3, 0.4) is 0 Å². The molecule has 0 unspecified atom stereocenters. The van der Waals surface area contributed by atoms with E-state index in [4.69, 9.17) is 11.6 Å². The van der Waals surface area contributed by atoms with E-state index >= 15 is 0 Å². The summed E-state index contributed by atoms with van der Waals surface area (Å²) in [6, 6.07) is 6.75. The van der Waals surface area contributed by atoms with Crippen molar-refractivity contribution in [3.8, 4) is 0 Å². The largest absolute Gasteiger partial charge is 0.337 e. The highest BCUT2D eigenvalue weighted by Gasteiger charge is 2.02. The van der Waals surface area contributed by atoms with Crippen molar-refractivity contribution in [3.63, 3.8) is 0 Å². The SMILES string of the molecule is Cc1nc(CCNC(=O)Nc2ccc(Cl)cc2)cs1. The van der Waals surface area contributed by atoms with Gasteiger partial charge in [0.2, 0.25) is 0 Å². The van der Waals surface area contributed by atoms with Crippen molar-refractivity contribution in [2.45, 2.75) is 13.3 Å². The van der Waals surface area contributed by atoms with Crippen LogP contribution in [-0.2, 0) is 6.42 Å². The van der Waals surface area contributed by atoms with Gasteiger partial charge in [0.15, 0.2) is 0 Å². The van der Waals surface area contributed by atoms with Gasteiger partial charge in [0.05, 0.1) is 10.7 Å². The molecule has 6 heteroatoms. The summed E-state index contributed by atoms with van der Waals surface area (Å²) in [7, 11) is 0. The monoisotopic (exact) mass is 295 g/mol. The molecule has 2 aromatic rings. The van der Waals surface area contributed by atoms with Gasteiger partial charge in [0.1, 0.15) is 0 Å². The third-order valence-corrected chi connectivity index (χ3v) is 3.51. The number of halogens is 1. The van der Waals surface area contributed by atoms with E-state index in [2.05, 4.69) is 15.6 Å². The number of benzene rings is 1. The number of rotatable bonds is 4. The highest BCUT2D eigenvalue weighted by atomic mass is 35.5. The second-order valence-corrected chi connectivity index (χ2v) is 5.49. The topological polar surface area (TPSA) is 54.0 Å². The number of aryl methyl sites for hydroxylation is 1. The Morgan fingerprint density at radius 2 is 2.11 bits per heavy atom. The third-order valence-electron chi connectivity index (χ3n) is 2.44. The molecule has 1 aromatic carbocycles. The third kappa shape index (κ3) is 4.54. The molecule has 0 saturated carbocycles. The maximum Gasteiger partial charge on any atom is 0.319 e. The fourth-order valence-electron chi connectivity index (χ4n) is 1.54. The van der Waals surface area contributed by atoms with Crippen LogP contribution in [0.25, 0.3) is 0 Å². The number of amides is 2. The summed E-state index contributed by atoms with van der Waals surface area (Å²) in [6.07, 6.45) is 0.735. The van der Waals surface area contributed by atoms with Gasteiger partial charge < -0.3 is 10.6 Å². The molecule has 0 bridgehead atoms. The van der Waals surface area contributed by atoms with Crippen molar-refractivity contribution in [2.24, 2.45) is 0 Å². The van der Waals surface area contributed by atoms with Crippen LogP contribution in [0.1, 0.15) is 10.7 Å². The number of urea groups is 1. The second-order valence-electron chi connectivity index (χ2n) is 4.00. The van der Waals surface area contributed by atoms with Crippen molar-refractivity contribution in [1.29, 1.82) is 0 Å². The van der Waals surface area contributed by atoms with Crippen LogP contribution in [0.5, 0.6) is 0 Å². The number of anilines is 1. The van der Waals surface area contributed by atoms with E-state index in [1.165, 1.54) is 0 Å². The fourth-order valence-corrected chi connectivity index (χ4v) is 2.31. The first-order chi connectivity index (χ1) is 9.13. The van der Waals surface area contributed by atoms with Gasteiger partial charge in [-0.1, -0.05) is 11.6 Å². The molecule has 0 aliphatic heterocycles. The van der Waals surface area contributed by atoms with E-state index in [-0.39, 0.29) is 6.03 Å². The Kier molecular flexibility index (Phi) is 4.76. The maximum atomic E-state index is 11.6. The summed E-state index contributed by atoms with van der Waals surface area (Å²) in [5, 5.41) is 9.21. The zero-order valence-electron chi connectivity index (χ0n) is 10.4. The Hall–Kier alpha value is -1.59. The quantitative estimate of drug-likeness (QED) is 0.907. The average Bonchev–Trinajstić information content (AvgIpc) is 2.78. The molecular formula is C13H14ClN3OS. The molecule has 0 atom stereocenters. The number of hydrogen-bond acceptors (Lipinski definition) is 3. The fraction of sp³-hybridized carbons (Fsp3) is 0.231. The van der Waals surface area contributed by atoms with Gasteiger partial charge >= 0.3 is 6.03 Å². The van der Waals surface area contributed by atoms with Gasteiger partial charge in [0.25, 0.3) is 0 Å². The maximum absolute atomic E-state index is 11.6. The van der Waals surface area contributed by atoms with Crippen LogP contribution in [0.2, 0.25) is 5.02 Å². The van der Waals surface area contributed by atoms with E-state index in [9.17, 15) is 4.79 Å². The Morgan fingerprint density at radius 3 is 2.74 bits per heavy atom. The molecule has 1 heterocycles. The standard InChI is InChI=1S/C13H14ClN3OS/c1-9-16-12(8-19-9)6-7-15-13(18)17-11-4-2-10(14)3-5-11/h2-5,8H,6-7H2,1H3,(H2,15,17,18). The van der Waals surface area contributed by atoms with Crippen LogP contribution in [0, 0.1) is 6.92 Å². The number of hydrogen-bond donors (Lipinski definition) is 2. The molecule has 0 saturated heterocycles. The lowest BCUT2D eigenvalue weighted by molar-refractivity contribution is 0.252. The van der Waals surface area contributed by atoms with Crippen molar-refractivity contribution >= 4 is 34.7 Å². The Bertz CT molecular complexity index is 553. The number of nitrogens with zero attached hydrogens (tertiary/aromatic N) is 1. The van der Waals surface area contributed by atoms with Crippen LogP contribution in [0.15, 0.2) is 29.6 Å². The highest BCUT2D eigenvalue weighted by Crippen LogP contribution is 2.13. The number of nitrogens with one attached hydrogen (secondary N) is 2. The van der Waals surface area contributed by atoms with Gasteiger partial charge in [0, 0.05) is 29.1 Å². The lowest BCUT2D eigenvalue weighted by Gasteiger charge is -2.06. The molecular weight excluding hydrogens is 282 g/mol. The minimum atomic E-state index is -0.228. The van der Waals surface area contributed by atoms with Crippen LogP contribution in [0.4, 0.5) is 10.5 Å². The van der Waals surface area contributed by atoms with E-state index < -0.39 is 0 Å². The summed E-state index contributed by atoms with van der Waals surface area (Å²) in [5.41, 5.74) is 1.72. The molecule has 0 aliphatic rings. The molecule has 0 aliphatic carbocycles. The molecule has 0 fully saturated rings. The first kappa shape index (κ1) is 13.8. The van der Waals surface area contributed by atoms with E-state index in [0.29, 0.717) is 17.3 Å². The van der Waals surface area contributed by atoms with E-state index in [0.717, 1.165) is 17.1 Å². The molecule has 4 nitrogen and oxygen atoms in total. The first-order valence-electron chi connectivity index (χ1n) is 5.85. The van der Waals surface area contributed by atoms with Crippen molar-refractivity contribution in [3.05, 3.63) is 45.4 Å². The Morgan fingerprint density at radius 1 is 1.37 bits per heavy atom. The lowest BCUT2D eigenvalue weighted by atomic mass is 10.3. The molecule has 0 radical (unpaired) electrons. The second kappa shape index (κ2) is 6.54. The van der Waals surface area contributed by atoms with Crippen LogP contribution < -0.4 is 10.6 Å². The van der Waals surface area contributed by atoms with Gasteiger partial charge in [-0.25, -0.2) is 9.78 Å². The number of thiazole rings is 1. The predicted molar refractivity (Wildman–Crippen MR) is 79.0 cm³/mol. The molecule has 2 rings (SSSR count). The van der Waals surface area contributed by atoms with Gasteiger partial charge in [-0.15, -0.1) is 11.3 Å². The molecule has 100 valence electrons. The van der Waals surface area contributed by atoms with Crippen LogP contribution >= 0.6 is 22.9 Å². The van der Waals surface area contributed by atoms with Crippen molar-refractivity contribution in [2.75, 3.05) is 11.9 Å². The van der Waals surface area contributed by atoms with Crippen LogP contribution in [-0.4, -0.2) is 17.6 Å². The predicted octanol–water partition coefficient (Wildman–Crippen LogP) is 3.47. The Labute approximate surface area is 120 Å². The summed E-state index contributed by atoms with van der Waals surface area (Å²) in [4.78, 5) is 16.0. The average molecular weight is 296 g/mol. The highest BCUT2D eigenvalue weighted by molar-refractivity contribution is 7.09. The summed E-state index contributed by atoms with van der Waals surface area (Å²) < 4.78 is 0. The number of carbonyl (C=O) groups excluding carboxylic acids is 1. The Balaban J connectivity index is 1.74. The summed E-state index contributed by atoms with van der Waals surface area (Å²) in [6.45, 7) is 2.53. The summed E-state index contributed by atoms with van der Waals surface area (Å²) >= 11 is 7.38. The van der Waals surface area contributed by atoms with Gasteiger partial charge in [-0.05, 0) is 31.2 Å². The molecule has 2 amide bonds. The smallest absolute Gasteiger partial charge is 0.319 e. The number of carbonyl (C=O) groups is 1. The van der Waals surface area contributed by atoms with Gasteiger partial charge in [-0.2, -0.15) is 0 Å². The van der Waals surface area contributed by atoms with Crippen molar-refractivity contribution in [1.82, 2.24) is 10.3 Å². The zero-order valence-corrected chi connectivity index (χ0v) is 12.0.